The van der Waals surface area contributed by atoms with Gasteiger partial charge in [-0.15, -0.1) is 10.2 Å². The van der Waals surface area contributed by atoms with Gasteiger partial charge >= 0.3 is 0 Å². The van der Waals surface area contributed by atoms with Gasteiger partial charge in [0.1, 0.15) is 11.3 Å². The third-order valence-electron chi connectivity index (χ3n) is 4.22. The second-order valence-electron chi connectivity index (χ2n) is 5.81. The molecule has 6 nitrogen and oxygen atoms in total. The Hall–Kier alpha value is -3.15. The largest absolute Gasteiger partial charge is 0.496 e. The van der Waals surface area contributed by atoms with Gasteiger partial charge in [0.25, 0.3) is 5.91 Å². The molecule has 1 aromatic heterocycles. The molecular weight excluding hydrogens is 316 g/mol. The number of hydrogen-bond acceptors (Lipinski definition) is 5. The van der Waals surface area contributed by atoms with Crippen LogP contribution in [0.4, 0.5) is 5.69 Å². The van der Waals surface area contributed by atoms with E-state index in [-0.39, 0.29) is 11.4 Å². The lowest BCUT2D eigenvalue weighted by Gasteiger charge is -2.13. The average molecular weight is 336 g/mol. The van der Waals surface area contributed by atoms with E-state index in [1.807, 2.05) is 24.3 Å². The molecule has 0 radical (unpaired) electrons. The Morgan fingerprint density at radius 3 is 2.52 bits per heavy atom. The summed E-state index contributed by atoms with van der Waals surface area (Å²) in [4.78, 5) is 11.4. The standard InChI is InChI=1S/C19H20N4O2/c1-25-15-11-10-14-16(20)18(19(21)24)23-22-17(14)13(15)9-5-8-12-6-3-2-4-7-12/h2-4,6-7,10-11H,5,8-9H2,1H3,(H2,20,22)(H2,21,24). The van der Waals surface area contributed by atoms with E-state index < -0.39 is 5.91 Å². The summed E-state index contributed by atoms with van der Waals surface area (Å²) in [5, 5.41) is 8.76. The predicted octanol–water partition coefficient (Wildman–Crippen LogP) is 2.49. The van der Waals surface area contributed by atoms with Crippen molar-refractivity contribution < 1.29 is 9.53 Å². The van der Waals surface area contributed by atoms with Crippen molar-refractivity contribution >= 4 is 22.5 Å². The first-order chi connectivity index (χ1) is 12.1. The summed E-state index contributed by atoms with van der Waals surface area (Å²) < 4.78 is 5.47. The Bertz CT molecular complexity index is 910. The number of nitrogens with zero attached hydrogens (tertiary/aromatic N) is 2. The van der Waals surface area contributed by atoms with Crippen molar-refractivity contribution in [1.82, 2.24) is 10.2 Å². The van der Waals surface area contributed by atoms with Crippen LogP contribution < -0.4 is 16.2 Å². The van der Waals surface area contributed by atoms with Crippen LogP contribution in [-0.4, -0.2) is 23.2 Å². The smallest absolute Gasteiger partial charge is 0.271 e. The van der Waals surface area contributed by atoms with Crippen LogP contribution in [0.3, 0.4) is 0 Å². The van der Waals surface area contributed by atoms with Crippen LogP contribution in [0.25, 0.3) is 10.9 Å². The fourth-order valence-corrected chi connectivity index (χ4v) is 2.96. The summed E-state index contributed by atoms with van der Waals surface area (Å²) in [5.41, 5.74) is 14.5. The van der Waals surface area contributed by atoms with Crippen molar-refractivity contribution in [2.75, 3.05) is 12.8 Å². The number of aryl methyl sites for hydroxylation is 2. The molecule has 0 unspecified atom stereocenters. The van der Waals surface area contributed by atoms with E-state index in [0.29, 0.717) is 10.9 Å². The van der Waals surface area contributed by atoms with Gasteiger partial charge in [-0.2, -0.15) is 0 Å². The van der Waals surface area contributed by atoms with Crippen molar-refractivity contribution in [3.05, 3.63) is 59.3 Å². The highest BCUT2D eigenvalue weighted by Gasteiger charge is 2.17. The highest BCUT2D eigenvalue weighted by atomic mass is 16.5. The van der Waals surface area contributed by atoms with Gasteiger partial charge in [0, 0.05) is 10.9 Å². The van der Waals surface area contributed by atoms with E-state index in [2.05, 4.69) is 22.3 Å². The molecule has 0 atom stereocenters. The summed E-state index contributed by atoms with van der Waals surface area (Å²) in [5.74, 6) is 0.0504. The first kappa shape index (κ1) is 16.7. The molecule has 1 heterocycles. The van der Waals surface area contributed by atoms with Gasteiger partial charge in [0.15, 0.2) is 5.69 Å². The first-order valence-electron chi connectivity index (χ1n) is 8.07. The van der Waals surface area contributed by atoms with Gasteiger partial charge in [-0.1, -0.05) is 30.3 Å². The van der Waals surface area contributed by atoms with Crippen LogP contribution in [0.5, 0.6) is 5.75 Å². The number of aromatic nitrogens is 2. The Labute approximate surface area is 145 Å². The van der Waals surface area contributed by atoms with Gasteiger partial charge in [0.05, 0.1) is 12.8 Å². The molecule has 6 heteroatoms. The average Bonchev–Trinajstić information content (AvgIpc) is 2.62. The monoisotopic (exact) mass is 336 g/mol. The minimum Gasteiger partial charge on any atom is -0.496 e. The molecule has 0 saturated heterocycles. The molecule has 128 valence electrons. The lowest BCUT2D eigenvalue weighted by atomic mass is 10.00. The lowest BCUT2D eigenvalue weighted by Crippen LogP contribution is -2.17. The van der Waals surface area contributed by atoms with Crippen molar-refractivity contribution in [3.63, 3.8) is 0 Å². The number of methoxy groups -OCH3 is 1. The number of amides is 1. The zero-order chi connectivity index (χ0) is 17.8. The number of carbonyl (C=O) groups is 1. The molecule has 2 aromatic carbocycles. The Morgan fingerprint density at radius 2 is 1.84 bits per heavy atom. The number of nitrogens with two attached hydrogens (primary N) is 2. The molecule has 0 bridgehead atoms. The van der Waals surface area contributed by atoms with Crippen molar-refractivity contribution in [2.45, 2.75) is 19.3 Å². The second-order valence-corrected chi connectivity index (χ2v) is 5.81. The number of primary amides is 1. The normalized spacial score (nSPS) is 10.8. The molecule has 3 aromatic rings. The van der Waals surface area contributed by atoms with Crippen LogP contribution in [0, 0.1) is 0 Å². The van der Waals surface area contributed by atoms with Gasteiger partial charge < -0.3 is 16.2 Å². The molecule has 1 amide bonds. The van der Waals surface area contributed by atoms with Gasteiger partial charge in [-0.25, -0.2) is 0 Å². The summed E-state index contributed by atoms with van der Waals surface area (Å²) >= 11 is 0. The zero-order valence-electron chi connectivity index (χ0n) is 14.0. The molecular formula is C19H20N4O2. The quantitative estimate of drug-likeness (QED) is 0.719. The van der Waals surface area contributed by atoms with Crippen molar-refractivity contribution in [3.8, 4) is 5.75 Å². The Morgan fingerprint density at radius 1 is 1.08 bits per heavy atom. The zero-order valence-corrected chi connectivity index (χ0v) is 14.0. The molecule has 0 aliphatic heterocycles. The molecule has 0 saturated carbocycles. The van der Waals surface area contributed by atoms with E-state index in [1.54, 1.807) is 13.2 Å². The highest BCUT2D eigenvalue weighted by Crippen LogP contribution is 2.31. The minimum atomic E-state index is -0.687. The maximum atomic E-state index is 11.4. The molecule has 0 aliphatic rings. The number of carbonyl (C=O) groups excluding carboxylic acids is 1. The Kier molecular flexibility index (Phi) is 4.79. The summed E-state index contributed by atoms with van der Waals surface area (Å²) in [6, 6.07) is 13.9. The number of fused-ring (bicyclic) bond motifs is 1. The van der Waals surface area contributed by atoms with E-state index in [1.165, 1.54) is 5.56 Å². The number of nitrogen functional groups attached to an aromatic ring is 1. The maximum Gasteiger partial charge on any atom is 0.271 e. The number of hydrogen-bond donors (Lipinski definition) is 2. The van der Waals surface area contributed by atoms with Gasteiger partial charge in [-0.05, 0) is 37.0 Å². The lowest BCUT2D eigenvalue weighted by molar-refractivity contribution is 0.0996. The summed E-state index contributed by atoms with van der Waals surface area (Å²) in [7, 11) is 1.62. The molecule has 0 aliphatic carbocycles. The number of rotatable bonds is 6. The highest BCUT2D eigenvalue weighted by molar-refractivity contribution is 6.04. The fourth-order valence-electron chi connectivity index (χ4n) is 2.96. The molecule has 4 N–H and O–H groups in total. The molecule has 0 spiro atoms. The van der Waals surface area contributed by atoms with Crippen molar-refractivity contribution in [1.29, 1.82) is 0 Å². The number of ether oxygens (including phenoxy) is 1. The number of anilines is 1. The van der Waals surface area contributed by atoms with Crippen LogP contribution in [0.1, 0.15) is 28.0 Å². The van der Waals surface area contributed by atoms with Crippen molar-refractivity contribution in [2.24, 2.45) is 5.73 Å². The van der Waals surface area contributed by atoms with Gasteiger partial charge in [0.2, 0.25) is 0 Å². The summed E-state index contributed by atoms with van der Waals surface area (Å²) in [6.07, 6.45) is 2.64. The van der Waals surface area contributed by atoms with E-state index >= 15 is 0 Å². The fraction of sp³-hybridized carbons (Fsp3) is 0.211. The minimum absolute atomic E-state index is 0.00657. The summed E-state index contributed by atoms with van der Waals surface area (Å²) in [6.45, 7) is 0. The topological polar surface area (TPSA) is 104 Å². The molecule has 3 rings (SSSR count). The van der Waals surface area contributed by atoms with Gasteiger partial charge in [-0.3, -0.25) is 4.79 Å². The van der Waals surface area contributed by atoms with Crippen LogP contribution in [0.2, 0.25) is 0 Å². The predicted molar refractivity (Wildman–Crippen MR) is 97.5 cm³/mol. The van der Waals surface area contributed by atoms with Crippen LogP contribution in [-0.2, 0) is 12.8 Å². The second kappa shape index (κ2) is 7.17. The SMILES string of the molecule is COc1ccc2c(N)c(C(N)=O)nnc2c1CCCc1ccccc1. The number of benzene rings is 2. The first-order valence-corrected chi connectivity index (χ1v) is 8.07. The third-order valence-corrected chi connectivity index (χ3v) is 4.22. The van der Waals surface area contributed by atoms with Crippen LogP contribution in [0.15, 0.2) is 42.5 Å². The van der Waals surface area contributed by atoms with E-state index in [9.17, 15) is 4.79 Å². The molecule has 25 heavy (non-hydrogen) atoms. The molecule has 0 fully saturated rings. The van der Waals surface area contributed by atoms with E-state index in [4.69, 9.17) is 16.2 Å². The Balaban J connectivity index is 1.94. The van der Waals surface area contributed by atoms with E-state index in [0.717, 1.165) is 30.6 Å². The van der Waals surface area contributed by atoms with Crippen LogP contribution >= 0.6 is 0 Å². The maximum absolute atomic E-state index is 11.4. The third kappa shape index (κ3) is 3.38.